The average Bonchev–Trinajstić information content (AvgIpc) is 3.33. The number of likely N-dealkylation sites (tertiary alicyclic amines) is 1. The molecule has 2 heterocycles. The number of hydrogen-bond donors (Lipinski definition) is 1. The predicted octanol–water partition coefficient (Wildman–Crippen LogP) is 5.34. The number of amides is 2. The fraction of sp³-hybridized carbons (Fsp3) is 0.346. The molecule has 35 heavy (non-hydrogen) atoms. The lowest BCUT2D eigenvalue weighted by atomic mass is 10.1. The third-order valence-corrected chi connectivity index (χ3v) is 7.75. The number of aryl methyl sites for hydroxylation is 2. The van der Waals surface area contributed by atoms with Crippen molar-refractivity contribution < 1.29 is 22.8 Å². The Morgan fingerprint density at radius 2 is 1.89 bits per heavy atom. The van der Waals surface area contributed by atoms with Crippen LogP contribution in [0.2, 0.25) is 0 Å². The summed E-state index contributed by atoms with van der Waals surface area (Å²) in [6.07, 6.45) is -3.45. The predicted molar refractivity (Wildman–Crippen MR) is 127 cm³/mol. The lowest BCUT2D eigenvalue weighted by molar-refractivity contribution is -0.137. The highest BCUT2D eigenvalue weighted by atomic mass is 32.1. The van der Waals surface area contributed by atoms with Crippen LogP contribution in [0.4, 0.5) is 13.2 Å². The number of alkyl halides is 3. The zero-order valence-electron chi connectivity index (χ0n) is 19.2. The topological polar surface area (TPSA) is 62.3 Å². The average molecular weight is 500 g/mol. The van der Waals surface area contributed by atoms with Gasteiger partial charge in [0.25, 0.3) is 11.8 Å². The molecule has 3 aromatic rings. The number of thiazole rings is 1. The molecule has 2 amide bonds. The summed E-state index contributed by atoms with van der Waals surface area (Å²) in [7, 11) is 0. The van der Waals surface area contributed by atoms with Crippen molar-refractivity contribution in [1.82, 2.24) is 15.2 Å². The van der Waals surface area contributed by atoms with Gasteiger partial charge < -0.3 is 10.2 Å². The molecule has 1 N–H and O–H groups in total. The van der Waals surface area contributed by atoms with E-state index in [1.165, 1.54) is 23.5 Å². The normalized spacial score (nSPS) is 21.1. The molecule has 1 aliphatic heterocycles. The molecule has 1 saturated carbocycles. The number of nitrogens with one attached hydrogen (secondary N) is 1. The van der Waals surface area contributed by atoms with Crippen LogP contribution in [0.1, 0.15) is 43.4 Å². The van der Waals surface area contributed by atoms with Gasteiger partial charge in [-0.1, -0.05) is 29.8 Å². The number of benzene rings is 2. The van der Waals surface area contributed by atoms with E-state index in [-0.39, 0.29) is 24.1 Å². The van der Waals surface area contributed by atoms with Crippen LogP contribution in [0.15, 0.2) is 48.5 Å². The number of halogens is 3. The third-order valence-electron chi connectivity index (χ3n) is 6.73. The van der Waals surface area contributed by atoms with Crippen LogP contribution < -0.4 is 5.32 Å². The van der Waals surface area contributed by atoms with Gasteiger partial charge in [0.05, 0.1) is 21.5 Å². The Labute approximate surface area is 205 Å². The molecule has 5 rings (SSSR count). The Bertz CT molecular complexity index is 1290. The second-order valence-electron chi connectivity index (χ2n) is 9.25. The lowest BCUT2D eigenvalue weighted by Crippen LogP contribution is -2.45. The number of carbonyl (C=O) groups excluding carboxylic acids is 2. The zero-order valence-corrected chi connectivity index (χ0v) is 20.0. The summed E-state index contributed by atoms with van der Waals surface area (Å²) < 4.78 is 38.4. The van der Waals surface area contributed by atoms with Crippen LogP contribution in [0.5, 0.6) is 0 Å². The molecule has 0 radical (unpaired) electrons. The number of piperidine rings is 1. The first-order valence-corrected chi connectivity index (χ1v) is 12.2. The van der Waals surface area contributed by atoms with Gasteiger partial charge in [-0.3, -0.25) is 9.59 Å². The quantitative estimate of drug-likeness (QED) is 0.516. The Balaban J connectivity index is 1.31. The standard InChI is InChI=1S/C26H24F3N3O2S/c1-14-4-3-5-17(10-14)23-22(31-15(2)35-23)25(34)32-13-18-11-20(18)21(32)12-30-24(33)16-6-8-19(9-7-16)26(27,28)29/h3-10,18,20-21H,11-13H2,1-2H3,(H,30,33)/t18-,20-,21-/m1/s1. The summed E-state index contributed by atoms with van der Waals surface area (Å²) in [5.41, 5.74) is 1.83. The molecule has 2 aromatic carbocycles. The maximum atomic E-state index is 13.6. The van der Waals surface area contributed by atoms with Gasteiger partial charge in [0.2, 0.25) is 0 Å². The first-order valence-electron chi connectivity index (χ1n) is 11.4. The van der Waals surface area contributed by atoms with Crippen molar-refractivity contribution in [1.29, 1.82) is 0 Å². The molecule has 9 heteroatoms. The molecule has 1 aliphatic carbocycles. The first kappa shape index (κ1) is 23.5. The van der Waals surface area contributed by atoms with E-state index in [0.29, 0.717) is 24.1 Å². The highest BCUT2D eigenvalue weighted by Gasteiger charge is 2.54. The molecule has 1 saturated heterocycles. The van der Waals surface area contributed by atoms with E-state index < -0.39 is 17.6 Å². The van der Waals surface area contributed by atoms with Crippen molar-refractivity contribution in [3.05, 3.63) is 75.9 Å². The van der Waals surface area contributed by atoms with E-state index in [1.807, 2.05) is 38.1 Å². The minimum Gasteiger partial charge on any atom is -0.350 e. The number of aromatic nitrogens is 1. The fourth-order valence-corrected chi connectivity index (χ4v) is 5.77. The molecule has 5 nitrogen and oxygen atoms in total. The van der Waals surface area contributed by atoms with E-state index in [0.717, 1.165) is 39.6 Å². The Hall–Kier alpha value is -3.20. The zero-order chi connectivity index (χ0) is 24.9. The smallest absolute Gasteiger partial charge is 0.350 e. The van der Waals surface area contributed by atoms with Gasteiger partial charge in [-0.2, -0.15) is 13.2 Å². The summed E-state index contributed by atoms with van der Waals surface area (Å²) >= 11 is 1.49. The SMILES string of the molecule is Cc1cccc(-c2sc(C)nc2C(=O)N2C[C@H]3C[C@H]3[C@H]2CNC(=O)c2ccc(C(F)(F)F)cc2)c1. The minimum atomic E-state index is -4.45. The minimum absolute atomic E-state index is 0.146. The van der Waals surface area contributed by atoms with Crippen LogP contribution in [0.3, 0.4) is 0 Å². The monoisotopic (exact) mass is 499 g/mol. The summed E-state index contributed by atoms with van der Waals surface area (Å²) in [5, 5.41) is 3.63. The summed E-state index contributed by atoms with van der Waals surface area (Å²) in [4.78, 5) is 33.4. The van der Waals surface area contributed by atoms with Crippen LogP contribution in [0, 0.1) is 25.7 Å². The second-order valence-corrected chi connectivity index (χ2v) is 10.5. The first-order chi connectivity index (χ1) is 16.6. The molecule has 2 aliphatic rings. The van der Waals surface area contributed by atoms with Gasteiger partial charge in [0.15, 0.2) is 0 Å². The van der Waals surface area contributed by atoms with Gasteiger partial charge in [-0.15, -0.1) is 11.3 Å². The van der Waals surface area contributed by atoms with E-state index in [2.05, 4.69) is 10.3 Å². The van der Waals surface area contributed by atoms with Crippen molar-refractivity contribution in [2.75, 3.05) is 13.1 Å². The highest BCUT2D eigenvalue weighted by Crippen LogP contribution is 2.50. The van der Waals surface area contributed by atoms with Crippen LogP contribution in [0.25, 0.3) is 10.4 Å². The summed E-state index contributed by atoms with van der Waals surface area (Å²) in [6.45, 7) is 4.75. The summed E-state index contributed by atoms with van der Waals surface area (Å²) in [6, 6.07) is 11.9. The number of carbonyl (C=O) groups is 2. The largest absolute Gasteiger partial charge is 0.416 e. The van der Waals surface area contributed by atoms with Crippen molar-refractivity contribution in [3.8, 4) is 10.4 Å². The molecule has 182 valence electrons. The maximum Gasteiger partial charge on any atom is 0.416 e. The van der Waals surface area contributed by atoms with Gasteiger partial charge in [-0.25, -0.2) is 4.98 Å². The number of rotatable bonds is 5. The Kier molecular flexibility index (Phi) is 5.91. The summed E-state index contributed by atoms with van der Waals surface area (Å²) in [5.74, 6) is 0.120. The van der Waals surface area contributed by atoms with Gasteiger partial charge in [-0.05, 0) is 61.9 Å². The van der Waals surface area contributed by atoms with E-state index in [4.69, 9.17) is 0 Å². The molecule has 1 aromatic heterocycles. The molecular formula is C26H24F3N3O2S. The van der Waals surface area contributed by atoms with Crippen LogP contribution >= 0.6 is 11.3 Å². The van der Waals surface area contributed by atoms with Gasteiger partial charge in [0, 0.05) is 18.7 Å². The van der Waals surface area contributed by atoms with E-state index in [9.17, 15) is 22.8 Å². The van der Waals surface area contributed by atoms with Crippen LogP contribution in [-0.2, 0) is 6.18 Å². The molecule has 0 spiro atoms. The molecule has 0 unspecified atom stereocenters. The van der Waals surface area contributed by atoms with E-state index >= 15 is 0 Å². The lowest BCUT2D eigenvalue weighted by Gasteiger charge is -2.27. The molecule has 2 fully saturated rings. The van der Waals surface area contributed by atoms with Crippen molar-refractivity contribution >= 4 is 23.2 Å². The Morgan fingerprint density at radius 1 is 1.14 bits per heavy atom. The van der Waals surface area contributed by atoms with Crippen LogP contribution in [-0.4, -0.2) is 40.8 Å². The maximum absolute atomic E-state index is 13.6. The van der Waals surface area contributed by atoms with E-state index in [1.54, 1.807) is 4.90 Å². The number of hydrogen-bond acceptors (Lipinski definition) is 4. The number of fused-ring (bicyclic) bond motifs is 1. The second kappa shape index (κ2) is 8.78. The van der Waals surface area contributed by atoms with Crippen molar-refractivity contribution in [3.63, 3.8) is 0 Å². The van der Waals surface area contributed by atoms with Gasteiger partial charge in [0.1, 0.15) is 5.69 Å². The van der Waals surface area contributed by atoms with Crippen molar-refractivity contribution in [2.24, 2.45) is 11.8 Å². The molecular weight excluding hydrogens is 475 g/mol. The number of nitrogens with zero attached hydrogens (tertiary/aromatic N) is 2. The van der Waals surface area contributed by atoms with Gasteiger partial charge >= 0.3 is 6.18 Å². The highest BCUT2D eigenvalue weighted by molar-refractivity contribution is 7.15. The third kappa shape index (κ3) is 4.69. The fourth-order valence-electron chi connectivity index (χ4n) is 4.87. The molecule has 3 atom stereocenters. The Morgan fingerprint density at radius 3 is 2.57 bits per heavy atom. The molecule has 0 bridgehead atoms. The van der Waals surface area contributed by atoms with Crippen molar-refractivity contribution in [2.45, 2.75) is 32.5 Å².